The van der Waals surface area contributed by atoms with Gasteiger partial charge in [0.2, 0.25) is 0 Å². The monoisotopic (exact) mass is 448 g/mol. The number of H-pyrrole nitrogens is 1. The van der Waals surface area contributed by atoms with E-state index in [9.17, 15) is 5.26 Å². The van der Waals surface area contributed by atoms with E-state index in [1.165, 1.54) is 0 Å². The molecule has 3 aromatic heterocycles. The number of rotatable bonds is 4. The van der Waals surface area contributed by atoms with Crippen LogP contribution in [0.1, 0.15) is 23.6 Å². The van der Waals surface area contributed by atoms with Crippen LogP contribution in [0.4, 0.5) is 0 Å². The summed E-state index contributed by atoms with van der Waals surface area (Å²) in [6, 6.07) is 9.87. The minimum atomic E-state index is 0.384. The first kappa shape index (κ1) is 19.8. The largest absolute Gasteiger partial charge is 0.346 e. The number of aromatic nitrogens is 4. The summed E-state index contributed by atoms with van der Waals surface area (Å²) in [5.41, 5.74) is 4.47. The van der Waals surface area contributed by atoms with Gasteiger partial charge in [-0.25, -0.2) is 4.98 Å². The summed E-state index contributed by atoms with van der Waals surface area (Å²) in [5.74, 6) is 0. The Morgan fingerprint density at radius 2 is 2.06 bits per heavy atom. The molecule has 1 atom stereocenters. The quantitative estimate of drug-likeness (QED) is 0.413. The number of hydrogen-bond acceptors (Lipinski definition) is 4. The number of benzene rings is 1. The molecule has 1 aromatic carbocycles. The zero-order valence-corrected chi connectivity index (χ0v) is 18.0. The van der Waals surface area contributed by atoms with Crippen LogP contribution in [0.5, 0.6) is 0 Å². The van der Waals surface area contributed by atoms with E-state index in [4.69, 9.17) is 23.2 Å². The molecule has 5 rings (SSSR count). The Hall–Kier alpha value is -3.11. The lowest BCUT2D eigenvalue weighted by Gasteiger charge is -2.07. The standard InChI is InChI=1S/C23H18Cl2N6/c24-20-2-1-3-21(25)22(20)14(8-26)6-16-10-29-23-19(16)7-15(9-28-23)17-11-30-31(13-17)18-4-5-27-12-18/h1-3,6-7,9-11,13,18,27H,4-5,12H2,(H,28,29). The number of halogens is 2. The Kier molecular flexibility index (Phi) is 5.24. The number of fused-ring (bicyclic) bond motifs is 1. The number of nitriles is 1. The normalized spacial score (nSPS) is 16.7. The smallest absolute Gasteiger partial charge is 0.137 e. The van der Waals surface area contributed by atoms with Gasteiger partial charge in [-0.05, 0) is 37.2 Å². The van der Waals surface area contributed by atoms with Gasteiger partial charge in [0.25, 0.3) is 0 Å². The molecular weight excluding hydrogens is 431 g/mol. The zero-order chi connectivity index (χ0) is 21.4. The van der Waals surface area contributed by atoms with Crippen molar-refractivity contribution in [3.63, 3.8) is 0 Å². The molecule has 6 nitrogen and oxygen atoms in total. The number of pyridine rings is 1. The maximum atomic E-state index is 9.76. The molecule has 4 heterocycles. The van der Waals surface area contributed by atoms with E-state index in [0.717, 1.165) is 47.2 Å². The van der Waals surface area contributed by atoms with E-state index in [2.05, 4.69) is 38.7 Å². The van der Waals surface area contributed by atoms with Gasteiger partial charge in [0.05, 0.1) is 33.9 Å². The molecule has 31 heavy (non-hydrogen) atoms. The molecule has 4 aromatic rings. The van der Waals surface area contributed by atoms with E-state index in [1.54, 1.807) is 24.3 Å². The molecule has 1 aliphatic rings. The van der Waals surface area contributed by atoms with Crippen molar-refractivity contribution in [3.8, 4) is 17.2 Å². The fourth-order valence-corrected chi connectivity index (χ4v) is 4.53. The van der Waals surface area contributed by atoms with Gasteiger partial charge < -0.3 is 10.3 Å². The van der Waals surface area contributed by atoms with Crippen molar-refractivity contribution in [2.75, 3.05) is 13.1 Å². The molecule has 154 valence electrons. The summed E-state index contributed by atoms with van der Waals surface area (Å²) < 4.78 is 2.02. The Labute approximate surface area is 189 Å². The van der Waals surface area contributed by atoms with Crippen LogP contribution in [0.3, 0.4) is 0 Å². The maximum absolute atomic E-state index is 9.76. The minimum Gasteiger partial charge on any atom is -0.346 e. The third-order valence-corrected chi connectivity index (χ3v) is 6.19. The maximum Gasteiger partial charge on any atom is 0.137 e. The van der Waals surface area contributed by atoms with Crippen molar-refractivity contribution in [3.05, 3.63) is 70.2 Å². The van der Waals surface area contributed by atoms with Crippen molar-refractivity contribution >= 4 is 45.9 Å². The summed E-state index contributed by atoms with van der Waals surface area (Å²) in [6.45, 7) is 1.95. The van der Waals surface area contributed by atoms with Crippen LogP contribution >= 0.6 is 23.2 Å². The van der Waals surface area contributed by atoms with Crippen molar-refractivity contribution in [1.82, 2.24) is 25.1 Å². The van der Waals surface area contributed by atoms with Gasteiger partial charge in [0.15, 0.2) is 0 Å². The highest BCUT2D eigenvalue weighted by atomic mass is 35.5. The van der Waals surface area contributed by atoms with Crippen LogP contribution in [0.2, 0.25) is 10.0 Å². The predicted molar refractivity (Wildman–Crippen MR) is 124 cm³/mol. The van der Waals surface area contributed by atoms with E-state index in [-0.39, 0.29) is 0 Å². The molecule has 0 saturated carbocycles. The molecule has 2 N–H and O–H groups in total. The second-order valence-corrected chi connectivity index (χ2v) is 8.30. The molecule has 0 bridgehead atoms. The first-order valence-corrected chi connectivity index (χ1v) is 10.7. The molecule has 0 spiro atoms. The molecule has 0 radical (unpaired) electrons. The molecule has 1 aliphatic heterocycles. The Morgan fingerprint density at radius 3 is 2.81 bits per heavy atom. The molecule has 0 amide bonds. The topological polar surface area (TPSA) is 82.3 Å². The fourth-order valence-electron chi connectivity index (χ4n) is 3.92. The van der Waals surface area contributed by atoms with Crippen molar-refractivity contribution in [1.29, 1.82) is 5.26 Å². The molecule has 1 unspecified atom stereocenters. The van der Waals surface area contributed by atoms with Crippen LogP contribution in [0, 0.1) is 11.3 Å². The Morgan fingerprint density at radius 1 is 1.23 bits per heavy atom. The van der Waals surface area contributed by atoms with Crippen molar-refractivity contribution in [2.45, 2.75) is 12.5 Å². The highest BCUT2D eigenvalue weighted by Crippen LogP contribution is 2.33. The van der Waals surface area contributed by atoms with Crippen molar-refractivity contribution < 1.29 is 0 Å². The summed E-state index contributed by atoms with van der Waals surface area (Å²) in [4.78, 5) is 7.72. The van der Waals surface area contributed by atoms with Gasteiger partial charge in [-0.2, -0.15) is 10.4 Å². The first-order chi connectivity index (χ1) is 15.1. The molecule has 1 saturated heterocycles. The van der Waals surface area contributed by atoms with Gasteiger partial charge in [0.1, 0.15) is 5.65 Å². The van der Waals surface area contributed by atoms with E-state index in [1.807, 2.05) is 23.3 Å². The minimum absolute atomic E-state index is 0.384. The van der Waals surface area contributed by atoms with E-state index < -0.39 is 0 Å². The SMILES string of the molecule is N#CC(=Cc1c[nH]c2ncc(-c3cnn(C4CCNC4)c3)cc12)c1c(Cl)cccc1Cl. The summed E-state index contributed by atoms with van der Waals surface area (Å²) in [5, 5.41) is 19.4. The van der Waals surface area contributed by atoms with Crippen LogP contribution in [0.15, 0.2) is 49.1 Å². The zero-order valence-electron chi connectivity index (χ0n) is 16.4. The lowest BCUT2D eigenvalue weighted by Crippen LogP contribution is -2.13. The third kappa shape index (κ3) is 3.72. The number of aromatic amines is 1. The second kappa shape index (κ2) is 8.20. The van der Waals surface area contributed by atoms with Gasteiger partial charge in [-0.1, -0.05) is 29.3 Å². The van der Waals surface area contributed by atoms with Crippen LogP contribution in [-0.4, -0.2) is 32.8 Å². The molecular formula is C23H18Cl2N6. The van der Waals surface area contributed by atoms with Gasteiger partial charge in [-0.3, -0.25) is 4.68 Å². The number of nitrogens with one attached hydrogen (secondary N) is 2. The van der Waals surface area contributed by atoms with Gasteiger partial charge in [0, 0.05) is 52.8 Å². The lowest BCUT2D eigenvalue weighted by atomic mass is 10.0. The summed E-state index contributed by atoms with van der Waals surface area (Å²) >= 11 is 12.6. The predicted octanol–water partition coefficient (Wildman–Crippen LogP) is 5.33. The number of hydrogen-bond donors (Lipinski definition) is 2. The number of allylic oxidation sites excluding steroid dienone is 1. The highest BCUT2D eigenvalue weighted by Gasteiger charge is 2.18. The summed E-state index contributed by atoms with van der Waals surface area (Å²) in [7, 11) is 0. The van der Waals surface area contributed by atoms with Crippen LogP contribution in [0.25, 0.3) is 33.8 Å². The van der Waals surface area contributed by atoms with Crippen LogP contribution < -0.4 is 5.32 Å². The molecule has 0 aliphatic carbocycles. The third-order valence-electron chi connectivity index (χ3n) is 5.56. The number of nitrogens with zero attached hydrogens (tertiary/aromatic N) is 4. The van der Waals surface area contributed by atoms with Gasteiger partial charge in [-0.15, -0.1) is 0 Å². The van der Waals surface area contributed by atoms with E-state index in [0.29, 0.717) is 27.2 Å². The second-order valence-electron chi connectivity index (χ2n) is 7.49. The Balaban J connectivity index is 1.55. The first-order valence-electron chi connectivity index (χ1n) is 9.92. The van der Waals surface area contributed by atoms with E-state index >= 15 is 0 Å². The fraction of sp³-hybridized carbons (Fsp3) is 0.174. The lowest BCUT2D eigenvalue weighted by molar-refractivity contribution is 0.491. The van der Waals surface area contributed by atoms with Crippen LogP contribution in [-0.2, 0) is 0 Å². The molecule has 8 heteroatoms. The van der Waals surface area contributed by atoms with Crippen molar-refractivity contribution in [2.24, 2.45) is 0 Å². The Bertz CT molecular complexity index is 1320. The average Bonchev–Trinajstić information content (AvgIpc) is 3.53. The van der Waals surface area contributed by atoms with Gasteiger partial charge >= 0.3 is 0 Å². The summed E-state index contributed by atoms with van der Waals surface area (Å²) in [6.07, 6.45) is 10.5. The average molecular weight is 449 g/mol. The molecule has 1 fully saturated rings. The highest BCUT2D eigenvalue weighted by molar-refractivity contribution is 6.38.